The Balaban J connectivity index is 2.52. The first kappa shape index (κ1) is 13.8. The third-order valence-electron chi connectivity index (χ3n) is 2.51. The van der Waals surface area contributed by atoms with Gasteiger partial charge in [-0.25, -0.2) is 0 Å². The van der Waals surface area contributed by atoms with Gasteiger partial charge in [-0.2, -0.15) is 0 Å². The summed E-state index contributed by atoms with van der Waals surface area (Å²) < 4.78 is 6.21. The van der Waals surface area contributed by atoms with Gasteiger partial charge in [-0.1, -0.05) is 11.6 Å². The molecule has 0 aliphatic carbocycles. The van der Waals surface area contributed by atoms with Gasteiger partial charge in [-0.05, 0) is 58.7 Å². The highest BCUT2D eigenvalue weighted by atomic mass is 127. The van der Waals surface area contributed by atoms with E-state index in [1.54, 1.807) is 13.2 Å². The van der Waals surface area contributed by atoms with E-state index in [0.717, 1.165) is 9.13 Å². The lowest BCUT2D eigenvalue weighted by atomic mass is 10.1. The Hall–Kier alpha value is -0.590. The Labute approximate surface area is 128 Å². The first-order chi connectivity index (χ1) is 8.54. The zero-order valence-electron chi connectivity index (χ0n) is 9.79. The van der Waals surface area contributed by atoms with Gasteiger partial charge in [-0.3, -0.25) is 4.79 Å². The number of hydrogen-bond donors (Lipinski definition) is 0. The fraction of sp³-hybridized carbons (Fsp3) is 0.154. The van der Waals surface area contributed by atoms with E-state index in [0.29, 0.717) is 21.2 Å². The molecule has 5 heteroatoms. The molecule has 0 saturated heterocycles. The van der Waals surface area contributed by atoms with Crippen molar-refractivity contribution < 1.29 is 9.53 Å². The Morgan fingerprint density at radius 1 is 1.44 bits per heavy atom. The van der Waals surface area contributed by atoms with Crippen molar-refractivity contribution in [3.05, 3.63) is 48.2 Å². The third kappa shape index (κ3) is 2.55. The lowest BCUT2D eigenvalue weighted by Crippen LogP contribution is -2.03. The molecule has 0 atom stereocenters. The topological polar surface area (TPSA) is 26.3 Å². The van der Waals surface area contributed by atoms with Crippen LogP contribution in [0, 0.1) is 10.5 Å². The molecule has 1 aromatic carbocycles. The number of carbonyl (C=O) groups excluding carboxylic acids is 1. The molecule has 0 saturated carbocycles. The van der Waals surface area contributed by atoms with Crippen molar-refractivity contribution in [2.45, 2.75) is 6.92 Å². The second kappa shape index (κ2) is 5.59. The molecule has 0 N–H and O–H groups in total. The Bertz CT molecular complexity index is 607. The van der Waals surface area contributed by atoms with Crippen LogP contribution >= 0.6 is 45.5 Å². The molecule has 0 amide bonds. The van der Waals surface area contributed by atoms with E-state index in [2.05, 4.69) is 22.6 Å². The van der Waals surface area contributed by atoms with Crippen molar-refractivity contribution in [1.82, 2.24) is 0 Å². The molecular weight excluding hydrogens is 383 g/mol. The average Bonchev–Trinajstić information content (AvgIpc) is 2.69. The predicted molar refractivity (Wildman–Crippen MR) is 83.2 cm³/mol. The van der Waals surface area contributed by atoms with E-state index in [1.807, 2.05) is 24.4 Å². The maximum atomic E-state index is 12.5. The summed E-state index contributed by atoms with van der Waals surface area (Å²) in [6.45, 7) is 1.89. The smallest absolute Gasteiger partial charge is 0.208 e. The van der Waals surface area contributed by atoms with E-state index < -0.39 is 0 Å². The van der Waals surface area contributed by atoms with Gasteiger partial charge in [-0.15, -0.1) is 11.3 Å². The minimum Gasteiger partial charge on any atom is -0.496 e. The van der Waals surface area contributed by atoms with E-state index in [1.165, 1.54) is 11.3 Å². The van der Waals surface area contributed by atoms with Gasteiger partial charge in [0.05, 0.1) is 22.6 Å². The molecule has 0 fully saturated rings. The molecule has 94 valence electrons. The second-order valence-electron chi connectivity index (χ2n) is 3.74. The summed E-state index contributed by atoms with van der Waals surface area (Å²) in [5.74, 6) is 0.482. The predicted octanol–water partition coefficient (Wildman–Crippen LogP) is 4.55. The molecule has 0 aliphatic rings. The van der Waals surface area contributed by atoms with Gasteiger partial charge in [0, 0.05) is 3.57 Å². The van der Waals surface area contributed by atoms with Crippen molar-refractivity contribution in [2.75, 3.05) is 7.11 Å². The van der Waals surface area contributed by atoms with E-state index in [9.17, 15) is 4.79 Å². The van der Waals surface area contributed by atoms with Crippen molar-refractivity contribution in [2.24, 2.45) is 0 Å². The molecular formula is C13H10ClIO2S. The maximum absolute atomic E-state index is 12.5. The van der Waals surface area contributed by atoms with Crippen LogP contribution in [0.5, 0.6) is 5.75 Å². The fourth-order valence-electron chi connectivity index (χ4n) is 1.56. The first-order valence-electron chi connectivity index (χ1n) is 5.16. The van der Waals surface area contributed by atoms with E-state index in [-0.39, 0.29) is 5.78 Å². The van der Waals surface area contributed by atoms with Crippen LogP contribution in [0.2, 0.25) is 5.02 Å². The summed E-state index contributed by atoms with van der Waals surface area (Å²) in [7, 11) is 1.56. The molecule has 0 bridgehead atoms. The largest absolute Gasteiger partial charge is 0.496 e. The molecule has 0 unspecified atom stereocenters. The van der Waals surface area contributed by atoms with Crippen LogP contribution in [0.3, 0.4) is 0 Å². The lowest BCUT2D eigenvalue weighted by molar-refractivity contribution is 0.103. The number of ketones is 1. The Morgan fingerprint density at radius 3 is 2.72 bits per heavy atom. The molecule has 1 heterocycles. The number of halogens is 2. The Morgan fingerprint density at radius 2 is 2.17 bits per heavy atom. The zero-order chi connectivity index (χ0) is 13.3. The molecule has 18 heavy (non-hydrogen) atoms. The van der Waals surface area contributed by atoms with Crippen molar-refractivity contribution in [1.29, 1.82) is 0 Å². The minimum atomic E-state index is -0.0894. The van der Waals surface area contributed by atoms with Crippen LogP contribution in [0.1, 0.15) is 20.8 Å². The van der Waals surface area contributed by atoms with Gasteiger partial charge >= 0.3 is 0 Å². The summed E-state index contributed by atoms with van der Waals surface area (Å²) in [4.78, 5) is 13.0. The lowest BCUT2D eigenvalue weighted by Gasteiger charge is -2.07. The SMILES string of the molecule is COc1ccc(I)cc1C(=O)c1scc(C)c1Cl. The van der Waals surface area contributed by atoms with Crippen LogP contribution in [-0.2, 0) is 0 Å². The number of carbonyl (C=O) groups is 1. The van der Waals surface area contributed by atoms with Gasteiger partial charge in [0.25, 0.3) is 0 Å². The van der Waals surface area contributed by atoms with Crippen LogP contribution in [0.15, 0.2) is 23.6 Å². The second-order valence-corrected chi connectivity index (χ2v) is 6.24. The molecule has 0 radical (unpaired) electrons. The highest BCUT2D eigenvalue weighted by Gasteiger charge is 2.20. The summed E-state index contributed by atoms with van der Waals surface area (Å²) in [5.41, 5.74) is 1.47. The number of thiophene rings is 1. The first-order valence-corrected chi connectivity index (χ1v) is 7.50. The van der Waals surface area contributed by atoms with E-state index >= 15 is 0 Å². The third-order valence-corrected chi connectivity index (χ3v) is 4.88. The molecule has 0 aliphatic heterocycles. The van der Waals surface area contributed by atoms with Gasteiger partial charge in [0.2, 0.25) is 5.78 Å². The number of rotatable bonds is 3. The Kier molecular flexibility index (Phi) is 4.29. The van der Waals surface area contributed by atoms with Crippen LogP contribution in [0.4, 0.5) is 0 Å². The molecule has 1 aromatic heterocycles. The summed E-state index contributed by atoms with van der Waals surface area (Å²) >= 11 is 9.67. The van der Waals surface area contributed by atoms with Crippen LogP contribution < -0.4 is 4.74 Å². The van der Waals surface area contributed by atoms with E-state index in [4.69, 9.17) is 16.3 Å². The van der Waals surface area contributed by atoms with Crippen molar-refractivity contribution >= 4 is 51.3 Å². The number of hydrogen-bond acceptors (Lipinski definition) is 3. The summed E-state index contributed by atoms with van der Waals surface area (Å²) in [6, 6.07) is 5.51. The molecule has 2 nitrogen and oxygen atoms in total. The number of ether oxygens (including phenoxy) is 1. The van der Waals surface area contributed by atoms with Crippen LogP contribution in [0.25, 0.3) is 0 Å². The fourth-order valence-corrected chi connectivity index (χ4v) is 3.29. The zero-order valence-corrected chi connectivity index (χ0v) is 13.5. The number of benzene rings is 1. The minimum absolute atomic E-state index is 0.0894. The highest BCUT2D eigenvalue weighted by Crippen LogP contribution is 2.32. The maximum Gasteiger partial charge on any atom is 0.208 e. The number of aryl methyl sites for hydroxylation is 1. The summed E-state index contributed by atoms with van der Waals surface area (Å²) in [6.07, 6.45) is 0. The highest BCUT2D eigenvalue weighted by molar-refractivity contribution is 14.1. The average molecular weight is 393 g/mol. The quantitative estimate of drug-likeness (QED) is 0.566. The van der Waals surface area contributed by atoms with Gasteiger partial charge in [0.1, 0.15) is 5.75 Å². The number of methoxy groups -OCH3 is 1. The van der Waals surface area contributed by atoms with Crippen molar-refractivity contribution in [3.63, 3.8) is 0 Å². The van der Waals surface area contributed by atoms with Crippen molar-refractivity contribution in [3.8, 4) is 5.75 Å². The standard InChI is InChI=1S/C13H10ClIO2S/c1-7-6-18-13(11(7)14)12(16)9-5-8(15)3-4-10(9)17-2/h3-6H,1-2H3. The van der Waals surface area contributed by atoms with Gasteiger partial charge in [0.15, 0.2) is 0 Å². The van der Waals surface area contributed by atoms with Crippen LogP contribution in [-0.4, -0.2) is 12.9 Å². The monoisotopic (exact) mass is 392 g/mol. The summed E-state index contributed by atoms with van der Waals surface area (Å²) in [5, 5.41) is 2.42. The normalized spacial score (nSPS) is 10.4. The molecule has 0 spiro atoms. The molecule has 2 rings (SSSR count). The van der Waals surface area contributed by atoms with Gasteiger partial charge < -0.3 is 4.74 Å². The molecule has 2 aromatic rings.